The third-order valence-corrected chi connectivity index (χ3v) is 2.86. The molecule has 0 fully saturated rings. The highest BCUT2D eigenvalue weighted by Gasteiger charge is 2.17. The molecule has 0 saturated heterocycles. The molecule has 0 spiro atoms. The smallest absolute Gasteiger partial charge is 0.162 e. The summed E-state index contributed by atoms with van der Waals surface area (Å²) in [5.74, 6) is 0.771. The first-order valence-electron chi connectivity index (χ1n) is 5.30. The van der Waals surface area contributed by atoms with Gasteiger partial charge in [0, 0.05) is 37.6 Å². The Balaban J connectivity index is 2.12. The molecule has 2 aromatic heterocycles. The van der Waals surface area contributed by atoms with Gasteiger partial charge >= 0.3 is 0 Å². The Morgan fingerprint density at radius 1 is 1.31 bits per heavy atom. The van der Waals surface area contributed by atoms with Gasteiger partial charge < -0.3 is 5.32 Å². The number of hydrogen-bond donors (Lipinski definition) is 1. The first kappa shape index (κ1) is 9.47. The molecule has 16 heavy (non-hydrogen) atoms. The second-order valence-electron chi connectivity index (χ2n) is 4.06. The minimum Gasteiger partial charge on any atom is -0.307 e. The van der Waals surface area contributed by atoms with Gasteiger partial charge in [-0.25, -0.2) is 9.97 Å². The number of aromatic nitrogens is 4. The standard InChI is InChI=1S/C11H13N5/c1-7-9-4-12-5-10(9)15-11(14-7)8-3-13-16(2)6-8/h3,6,12H,4-5H2,1-2H3. The summed E-state index contributed by atoms with van der Waals surface area (Å²) >= 11 is 0. The van der Waals surface area contributed by atoms with Crippen LogP contribution in [-0.2, 0) is 20.1 Å². The molecule has 5 heteroatoms. The van der Waals surface area contributed by atoms with Crippen molar-refractivity contribution < 1.29 is 0 Å². The van der Waals surface area contributed by atoms with E-state index in [0.717, 1.165) is 35.9 Å². The van der Waals surface area contributed by atoms with Gasteiger partial charge in [0.25, 0.3) is 0 Å². The lowest BCUT2D eigenvalue weighted by Crippen LogP contribution is -2.00. The van der Waals surface area contributed by atoms with Crippen LogP contribution in [0.1, 0.15) is 17.0 Å². The zero-order valence-corrected chi connectivity index (χ0v) is 9.36. The van der Waals surface area contributed by atoms with E-state index in [0.29, 0.717) is 0 Å². The quantitative estimate of drug-likeness (QED) is 0.764. The van der Waals surface area contributed by atoms with Crippen LogP contribution in [0.25, 0.3) is 11.4 Å². The van der Waals surface area contributed by atoms with Gasteiger partial charge in [-0.15, -0.1) is 0 Å². The Morgan fingerprint density at radius 2 is 2.19 bits per heavy atom. The summed E-state index contributed by atoms with van der Waals surface area (Å²) < 4.78 is 1.76. The number of hydrogen-bond acceptors (Lipinski definition) is 4. The van der Waals surface area contributed by atoms with Crippen LogP contribution in [-0.4, -0.2) is 19.7 Å². The highest BCUT2D eigenvalue weighted by molar-refractivity contribution is 5.53. The molecule has 1 aliphatic rings. The summed E-state index contributed by atoms with van der Waals surface area (Å²) in [5, 5.41) is 7.43. The average Bonchev–Trinajstić information content (AvgIpc) is 2.85. The maximum atomic E-state index is 4.57. The topological polar surface area (TPSA) is 55.6 Å². The molecule has 0 saturated carbocycles. The molecule has 0 aliphatic carbocycles. The van der Waals surface area contributed by atoms with Crippen LogP contribution >= 0.6 is 0 Å². The Kier molecular flexibility index (Phi) is 2.00. The van der Waals surface area contributed by atoms with Gasteiger partial charge in [-0.05, 0) is 6.92 Å². The fourth-order valence-corrected chi connectivity index (χ4v) is 2.00. The molecular weight excluding hydrogens is 202 g/mol. The second kappa shape index (κ2) is 3.38. The van der Waals surface area contributed by atoms with Crippen LogP contribution in [0.2, 0.25) is 0 Å². The lowest BCUT2D eigenvalue weighted by molar-refractivity contribution is 0.757. The third-order valence-electron chi connectivity index (χ3n) is 2.86. The maximum Gasteiger partial charge on any atom is 0.162 e. The van der Waals surface area contributed by atoms with E-state index in [9.17, 15) is 0 Å². The zero-order valence-electron chi connectivity index (χ0n) is 9.36. The summed E-state index contributed by atoms with van der Waals surface area (Å²) in [4.78, 5) is 9.09. The van der Waals surface area contributed by atoms with Gasteiger partial charge in [-0.1, -0.05) is 0 Å². The van der Waals surface area contributed by atoms with Crippen LogP contribution in [0.3, 0.4) is 0 Å². The molecule has 3 rings (SSSR count). The van der Waals surface area contributed by atoms with Crippen molar-refractivity contribution in [1.29, 1.82) is 0 Å². The van der Waals surface area contributed by atoms with Crippen molar-refractivity contribution >= 4 is 0 Å². The molecule has 0 bridgehead atoms. The van der Waals surface area contributed by atoms with E-state index in [1.807, 2.05) is 20.2 Å². The summed E-state index contributed by atoms with van der Waals surface area (Å²) in [7, 11) is 1.89. The highest BCUT2D eigenvalue weighted by Crippen LogP contribution is 2.21. The number of nitrogens with one attached hydrogen (secondary N) is 1. The number of aryl methyl sites for hydroxylation is 2. The fourth-order valence-electron chi connectivity index (χ4n) is 2.00. The zero-order chi connectivity index (χ0) is 11.1. The van der Waals surface area contributed by atoms with E-state index in [4.69, 9.17) is 0 Å². The molecule has 0 amide bonds. The molecule has 0 atom stereocenters. The molecule has 0 unspecified atom stereocenters. The predicted molar refractivity (Wildman–Crippen MR) is 59.5 cm³/mol. The first-order chi connectivity index (χ1) is 7.74. The number of fused-ring (bicyclic) bond motifs is 1. The van der Waals surface area contributed by atoms with Crippen molar-refractivity contribution in [2.75, 3.05) is 0 Å². The monoisotopic (exact) mass is 215 g/mol. The van der Waals surface area contributed by atoms with Crippen molar-refractivity contribution in [2.24, 2.45) is 7.05 Å². The molecule has 5 nitrogen and oxygen atoms in total. The van der Waals surface area contributed by atoms with Crippen molar-refractivity contribution in [2.45, 2.75) is 20.0 Å². The van der Waals surface area contributed by atoms with Crippen LogP contribution < -0.4 is 5.32 Å². The van der Waals surface area contributed by atoms with E-state index in [2.05, 4.69) is 20.4 Å². The summed E-state index contributed by atoms with van der Waals surface area (Å²) in [6.07, 6.45) is 3.73. The highest BCUT2D eigenvalue weighted by atomic mass is 15.2. The third kappa shape index (κ3) is 1.40. The second-order valence-corrected chi connectivity index (χ2v) is 4.06. The summed E-state index contributed by atoms with van der Waals surface area (Å²) in [6.45, 7) is 3.76. The van der Waals surface area contributed by atoms with Crippen molar-refractivity contribution in [3.05, 3.63) is 29.3 Å². The summed E-state index contributed by atoms with van der Waals surface area (Å²) in [5.41, 5.74) is 4.40. The Hall–Kier alpha value is -1.75. The Labute approximate surface area is 93.5 Å². The van der Waals surface area contributed by atoms with Gasteiger partial charge in [0.1, 0.15) is 0 Å². The lowest BCUT2D eigenvalue weighted by atomic mass is 10.2. The Bertz CT molecular complexity index is 543. The first-order valence-corrected chi connectivity index (χ1v) is 5.30. The molecule has 82 valence electrons. The fraction of sp³-hybridized carbons (Fsp3) is 0.364. The maximum absolute atomic E-state index is 4.57. The van der Waals surface area contributed by atoms with Crippen LogP contribution in [0.5, 0.6) is 0 Å². The Morgan fingerprint density at radius 3 is 2.94 bits per heavy atom. The normalized spacial score (nSPS) is 14.1. The van der Waals surface area contributed by atoms with Gasteiger partial charge in [0.2, 0.25) is 0 Å². The van der Waals surface area contributed by atoms with Crippen molar-refractivity contribution in [1.82, 2.24) is 25.1 Å². The van der Waals surface area contributed by atoms with E-state index in [1.165, 1.54) is 5.56 Å². The SMILES string of the molecule is Cc1nc(-c2cnn(C)c2)nc2c1CNC2. The molecule has 2 aromatic rings. The van der Waals surface area contributed by atoms with Crippen molar-refractivity contribution in [3.63, 3.8) is 0 Å². The van der Waals surface area contributed by atoms with Gasteiger partial charge in [0.15, 0.2) is 5.82 Å². The van der Waals surface area contributed by atoms with Gasteiger partial charge in [-0.2, -0.15) is 5.10 Å². The largest absolute Gasteiger partial charge is 0.307 e. The molecule has 0 aromatic carbocycles. The molecule has 1 N–H and O–H groups in total. The predicted octanol–water partition coefficient (Wildman–Crippen LogP) is 0.789. The van der Waals surface area contributed by atoms with Crippen molar-refractivity contribution in [3.8, 4) is 11.4 Å². The molecule has 0 radical (unpaired) electrons. The van der Waals surface area contributed by atoms with E-state index in [1.54, 1.807) is 10.9 Å². The average molecular weight is 215 g/mol. The molecule has 3 heterocycles. The minimum atomic E-state index is 0.771. The van der Waals surface area contributed by atoms with Crippen LogP contribution in [0, 0.1) is 6.92 Å². The van der Waals surface area contributed by atoms with E-state index in [-0.39, 0.29) is 0 Å². The number of rotatable bonds is 1. The van der Waals surface area contributed by atoms with Gasteiger partial charge in [-0.3, -0.25) is 4.68 Å². The van der Waals surface area contributed by atoms with Gasteiger partial charge in [0.05, 0.1) is 17.5 Å². The number of nitrogens with zero attached hydrogens (tertiary/aromatic N) is 4. The van der Waals surface area contributed by atoms with E-state index >= 15 is 0 Å². The molecule has 1 aliphatic heterocycles. The molecular formula is C11H13N5. The van der Waals surface area contributed by atoms with E-state index < -0.39 is 0 Å². The van der Waals surface area contributed by atoms with Crippen LogP contribution in [0.4, 0.5) is 0 Å². The lowest BCUT2D eigenvalue weighted by Gasteiger charge is -2.04. The summed E-state index contributed by atoms with van der Waals surface area (Å²) in [6, 6.07) is 0. The van der Waals surface area contributed by atoms with Crippen LogP contribution in [0.15, 0.2) is 12.4 Å². The minimum absolute atomic E-state index is 0.771.